The van der Waals surface area contributed by atoms with Crippen LogP contribution in [0, 0.1) is 6.92 Å². The summed E-state index contributed by atoms with van der Waals surface area (Å²) in [7, 11) is 0. The van der Waals surface area contributed by atoms with Gasteiger partial charge in [-0.1, -0.05) is 41.6 Å². The van der Waals surface area contributed by atoms with Crippen LogP contribution in [-0.2, 0) is 0 Å². The number of aryl methyl sites for hydroxylation is 1. The van der Waals surface area contributed by atoms with E-state index in [1.54, 1.807) is 10.6 Å². The molecule has 1 aromatic carbocycles. The standard InChI is InChI=1S/C16H18N2S/c1-11-6-8-12(9-7-11)14-10-17-16-18(14)13-4-2-3-5-15(13)19-16/h6-9,14H,2-5,10H2,1H3. The quantitative estimate of drug-likeness (QED) is 0.758. The molecule has 1 aromatic rings. The second-order valence-corrected chi connectivity index (χ2v) is 6.66. The molecule has 0 radical (unpaired) electrons. The lowest BCUT2D eigenvalue weighted by Crippen LogP contribution is -2.26. The van der Waals surface area contributed by atoms with Crippen molar-refractivity contribution in [3.8, 4) is 0 Å². The fourth-order valence-electron chi connectivity index (χ4n) is 3.22. The topological polar surface area (TPSA) is 15.6 Å². The van der Waals surface area contributed by atoms with Crippen LogP contribution in [0.15, 0.2) is 39.9 Å². The number of aliphatic imine (C=N–C) groups is 1. The maximum atomic E-state index is 4.77. The SMILES string of the molecule is Cc1ccc(C2CN=C3SC4=C(CCCC4)N32)cc1. The van der Waals surface area contributed by atoms with Gasteiger partial charge in [0.05, 0.1) is 12.6 Å². The number of hydrogen-bond acceptors (Lipinski definition) is 3. The van der Waals surface area contributed by atoms with Gasteiger partial charge in [0.25, 0.3) is 0 Å². The third-order valence-electron chi connectivity index (χ3n) is 4.27. The summed E-state index contributed by atoms with van der Waals surface area (Å²) in [5.41, 5.74) is 4.30. The van der Waals surface area contributed by atoms with Crippen LogP contribution < -0.4 is 0 Å². The summed E-state index contributed by atoms with van der Waals surface area (Å²) in [4.78, 5) is 8.87. The zero-order chi connectivity index (χ0) is 12.8. The predicted molar refractivity (Wildman–Crippen MR) is 81.1 cm³/mol. The molecule has 2 aliphatic heterocycles. The zero-order valence-electron chi connectivity index (χ0n) is 11.2. The van der Waals surface area contributed by atoms with E-state index in [4.69, 9.17) is 4.99 Å². The summed E-state index contributed by atoms with van der Waals surface area (Å²) in [5.74, 6) is 0. The lowest BCUT2D eigenvalue weighted by molar-refractivity contribution is 0.403. The Balaban J connectivity index is 1.69. The summed E-state index contributed by atoms with van der Waals surface area (Å²) < 4.78 is 0. The number of allylic oxidation sites excluding steroid dienone is 2. The Labute approximate surface area is 118 Å². The fourth-order valence-corrected chi connectivity index (χ4v) is 4.48. The van der Waals surface area contributed by atoms with E-state index in [2.05, 4.69) is 36.1 Å². The summed E-state index contributed by atoms with van der Waals surface area (Å²) in [6.45, 7) is 3.07. The minimum absolute atomic E-state index is 0.439. The predicted octanol–water partition coefficient (Wildman–Crippen LogP) is 4.24. The molecule has 1 atom stereocenters. The molecule has 3 heteroatoms. The first kappa shape index (κ1) is 11.6. The molecule has 0 fully saturated rings. The average Bonchev–Trinajstić information content (AvgIpc) is 2.98. The molecule has 1 unspecified atom stereocenters. The number of amidine groups is 1. The highest BCUT2D eigenvalue weighted by Gasteiger charge is 2.39. The van der Waals surface area contributed by atoms with Gasteiger partial charge in [-0.25, -0.2) is 0 Å². The highest BCUT2D eigenvalue weighted by Crippen LogP contribution is 2.48. The molecule has 0 spiro atoms. The molecule has 4 rings (SSSR count). The largest absolute Gasteiger partial charge is 0.315 e. The molecule has 0 saturated heterocycles. The van der Waals surface area contributed by atoms with E-state index in [0.29, 0.717) is 6.04 Å². The van der Waals surface area contributed by atoms with Gasteiger partial charge in [0.1, 0.15) is 0 Å². The summed E-state index contributed by atoms with van der Waals surface area (Å²) in [6.07, 6.45) is 5.19. The fraction of sp³-hybridized carbons (Fsp3) is 0.438. The van der Waals surface area contributed by atoms with Crippen molar-refractivity contribution >= 4 is 16.9 Å². The van der Waals surface area contributed by atoms with Crippen molar-refractivity contribution < 1.29 is 0 Å². The summed E-state index contributed by atoms with van der Waals surface area (Å²) in [5, 5.41) is 1.25. The highest BCUT2D eigenvalue weighted by atomic mass is 32.2. The molecule has 19 heavy (non-hydrogen) atoms. The Kier molecular flexibility index (Phi) is 2.69. The molecule has 2 heterocycles. The third-order valence-corrected chi connectivity index (χ3v) is 5.47. The number of hydrogen-bond donors (Lipinski definition) is 0. The Morgan fingerprint density at radius 3 is 2.79 bits per heavy atom. The normalized spacial score (nSPS) is 25.4. The van der Waals surface area contributed by atoms with Gasteiger partial charge in [-0.2, -0.15) is 0 Å². The van der Waals surface area contributed by atoms with Crippen LogP contribution in [0.5, 0.6) is 0 Å². The van der Waals surface area contributed by atoms with Gasteiger partial charge in [0.2, 0.25) is 0 Å². The number of fused-ring (bicyclic) bond motifs is 2. The van der Waals surface area contributed by atoms with Crippen molar-refractivity contribution in [3.05, 3.63) is 46.0 Å². The van der Waals surface area contributed by atoms with Crippen LogP contribution in [0.25, 0.3) is 0 Å². The monoisotopic (exact) mass is 270 g/mol. The van der Waals surface area contributed by atoms with E-state index >= 15 is 0 Å². The lowest BCUT2D eigenvalue weighted by atomic mass is 10.00. The minimum atomic E-state index is 0.439. The van der Waals surface area contributed by atoms with Crippen LogP contribution in [0.2, 0.25) is 0 Å². The Bertz CT molecular complexity index is 571. The molecule has 0 amide bonds. The van der Waals surface area contributed by atoms with Crippen molar-refractivity contribution in [2.45, 2.75) is 38.6 Å². The van der Waals surface area contributed by atoms with E-state index in [9.17, 15) is 0 Å². The average molecular weight is 270 g/mol. The molecule has 1 aliphatic carbocycles. The first-order valence-electron chi connectivity index (χ1n) is 7.13. The van der Waals surface area contributed by atoms with Crippen LogP contribution in [0.1, 0.15) is 42.9 Å². The van der Waals surface area contributed by atoms with Crippen molar-refractivity contribution in [2.75, 3.05) is 6.54 Å². The van der Waals surface area contributed by atoms with E-state index in [0.717, 1.165) is 6.54 Å². The van der Waals surface area contributed by atoms with E-state index in [-0.39, 0.29) is 0 Å². The first-order valence-corrected chi connectivity index (χ1v) is 7.95. The number of benzene rings is 1. The van der Waals surface area contributed by atoms with Gasteiger partial charge in [-0.3, -0.25) is 4.99 Å². The molecular weight excluding hydrogens is 252 g/mol. The molecule has 0 N–H and O–H groups in total. The molecule has 0 bridgehead atoms. The van der Waals surface area contributed by atoms with E-state index in [1.165, 1.54) is 42.0 Å². The van der Waals surface area contributed by atoms with Gasteiger partial charge >= 0.3 is 0 Å². The smallest absolute Gasteiger partial charge is 0.168 e. The van der Waals surface area contributed by atoms with E-state index < -0.39 is 0 Å². The summed E-state index contributed by atoms with van der Waals surface area (Å²) in [6, 6.07) is 9.41. The Hall–Kier alpha value is -1.22. The van der Waals surface area contributed by atoms with Crippen molar-refractivity contribution in [3.63, 3.8) is 0 Å². The number of thioether (sulfide) groups is 1. The van der Waals surface area contributed by atoms with Crippen LogP contribution in [0.4, 0.5) is 0 Å². The summed E-state index contributed by atoms with van der Waals surface area (Å²) >= 11 is 1.92. The number of rotatable bonds is 1. The second-order valence-electron chi connectivity index (χ2n) is 5.60. The van der Waals surface area contributed by atoms with Gasteiger partial charge in [-0.15, -0.1) is 0 Å². The van der Waals surface area contributed by atoms with Crippen LogP contribution in [0.3, 0.4) is 0 Å². The van der Waals surface area contributed by atoms with Crippen molar-refractivity contribution in [1.29, 1.82) is 0 Å². The van der Waals surface area contributed by atoms with Gasteiger partial charge in [-0.05, 0) is 38.2 Å². The maximum absolute atomic E-state index is 4.77. The van der Waals surface area contributed by atoms with Crippen molar-refractivity contribution in [1.82, 2.24) is 4.90 Å². The van der Waals surface area contributed by atoms with Crippen molar-refractivity contribution in [2.24, 2.45) is 4.99 Å². The van der Waals surface area contributed by atoms with Gasteiger partial charge in [0.15, 0.2) is 5.17 Å². The molecule has 3 aliphatic rings. The maximum Gasteiger partial charge on any atom is 0.168 e. The highest BCUT2D eigenvalue weighted by molar-refractivity contribution is 8.17. The lowest BCUT2D eigenvalue weighted by Gasteiger charge is -2.27. The second kappa shape index (κ2) is 4.41. The first-order chi connectivity index (χ1) is 9.33. The zero-order valence-corrected chi connectivity index (χ0v) is 12.0. The van der Waals surface area contributed by atoms with Crippen LogP contribution in [-0.4, -0.2) is 16.6 Å². The molecular formula is C16H18N2S. The molecule has 0 aromatic heterocycles. The Morgan fingerprint density at radius 1 is 1.16 bits per heavy atom. The van der Waals surface area contributed by atoms with Crippen LogP contribution >= 0.6 is 11.8 Å². The number of nitrogens with zero attached hydrogens (tertiary/aromatic N) is 2. The third kappa shape index (κ3) is 1.83. The molecule has 0 saturated carbocycles. The molecule has 98 valence electrons. The van der Waals surface area contributed by atoms with E-state index in [1.807, 2.05) is 11.8 Å². The Morgan fingerprint density at radius 2 is 1.95 bits per heavy atom. The minimum Gasteiger partial charge on any atom is -0.315 e. The molecule has 2 nitrogen and oxygen atoms in total. The van der Waals surface area contributed by atoms with Gasteiger partial charge in [0, 0.05) is 10.6 Å². The van der Waals surface area contributed by atoms with Gasteiger partial charge < -0.3 is 4.90 Å².